The minimum absolute atomic E-state index is 0.264. The molecule has 20 heavy (non-hydrogen) atoms. The van der Waals surface area contributed by atoms with Crippen molar-refractivity contribution in [2.45, 2.75) is 32.9 Å². The molecule has 0 aliphatic heterocycles. The summed E-state index contributed by atoms with van der Waals surface area (Å²) in [6.07, 6.45) is 5.63. The summed E-state index contributed by atoms with van der Waals surface area (Å²) in [5.41, 5.74) is 8.40. The number of anilines is 1. The Morgan fingerprint density at radius 1 is 1.30 bits per heavy atom. The number of primary amides is 1. The molecule has 1 amide bonds. The van der Waals surface area contributed by atoms with Crippen molar-refractivity contribution in [2.75, 3.05) is 5.32 Å². The molecular formula is C16H21N3O. The minimum atomic E-state index is -0.312. The van der Waals surface area contributed by atoms with Crippen LogP contribution in [0, 0.1) is 0 Å². The fraction of sp³-hybridized carbons (Fsp3) is 0.312. The van der Waals surface area contributed by atoms with E-state index in [-0.39, 0.29) is 12.3 Å². The molecule has 1 heterocycles. The number of aryl methyl sites for hydroxylation is 1. The summed E-state index contributed by atoms with van der Waals surface area (Å²) in [6.45, 7) is 3.95. The Bertz CT molecular complexity index is 575. The number of benzene rings is 1. The smallest absolute Gasteiger partial charge is 0.221 e. The van der Waals surface area contributed by atoms with Crippen LogP contribution in [0.4, 0.5) is 5.69 Å². The SMILES string of the molecule is CCCn1ccc(CNc2ccccc2CC(N)=O)c1. The van der Waals surface area contributed by atoms with E-state index in [0.717, 1.165) is 30.8 Å². The van der Waals surface area contributed by atoms with Crippen LogP contribution in [0.15, 0.2) is 42.7 Å². The highest BCUT2D eigenvalue weighted by Gasteiger charge is 2.05. The van der Waals surface area contributed by atoms with Crippen molar-refractivity contribution in [3.05, 3.63) is 53.9 Å². The number of rotatable bonds is 7. The number of hydrogen-bond acceptors (Lipinski definition) is 2. The molecule has 0 spiro atoms. The van der Waals surface area contributed by atoms with Crippen molar-refractivity contribution in [3.8, 4) is 0 Å². The standard InChI is InChI=1S/C16H21N3O/c1-2-8-19-9-7-13(12-19)11-18-15-6-4-3-5-14(15)10-16(17)20/h3-7,9,12,18H,2,8,10-11H2,1H3,(H2,17,20). The highest BCUT2D eigenvalue weighted by Crippen LogP contribution is 2.16. The van der Waals surface area contributed by atoms with Gasteiger partial charge >= 0.3 is 0 Å². The van der Waals surface area contributed by atoms with Gasteiger partial charge in [0.2, 0.25) is 5.91 Å². The van der Waals surface area contributed by atoms with E-state index in [2.05, 4.69) is 35.3 Å². The second-order valence-corrected chi connectivity index (χ2v) is 4.91. The maximum Gasteiger partial charge on any atom is 0.221 e. The van der Waals surface area contributed by atoms with Gasteiger partial charge in [-0.15, -0.1) is 0 Å². The van der Waals surface area contributed by atoms with Crippen molar-refractivity contribution in [1.29, 1.82) is 0 Å². The van der Waals surface area contributed by atoms with Gasteiger partial charge in [0.05, 0.1) is 6.42 Å². The molecule has 2 rings (SSSR count). The largest absolute Gasteiger partial charge is 0.381 e. The van der Waals surface area contributed by atoms with E-state index in [1.165, 1.54) is 5.56 Å². The highest BCUT2D eigenvalue weighted by molar-refractivity contribution is 5.78. The van der Waals surface area contributed by atoms with Crippen LogP contribution in [0.5, 0.6) is 0 Å². The van der Waals surface area contributed by atoms with E-state index in [0.29, 0.717) is 0 Å². The number of aromatic nitrogens is 1. The minimum Gasteiger partial charge on any atom is -0.381 e. The van der Waals surface area contributed by atoms with Crippen LogP contribution in [0.25, 0.3) is 0 Å². The van der Waals surface area contributed by atoms with Crippen LogP contribution >= 0.6 is 0 Å². The molecule has 0 unspecified atom stereocenters. The average Bonchev–Trinajstić information content (AvgIpc) is 2.85. The molecule has 2 aromatic rings. The van der Waals surface area contributed by atoms with Crippen LogP contribution in [0.1, 0.15) is 24.5 Å². The van der Waals surface area contributed by atoms with Gasteiger partial charge in [-0.05, 0) is 29.7 Å². The molecule has 1 aromatic carbocycles. The Morgan fingerprint density at radius 3 is 2.85 bits per heavy atom. The number of nitrogens with two attached hydrogens (primary N) is 1. The number of nitrogens with one attached hydrogen (secondary N) is 1. The first kappa shape index (κ1) is 14.2. The predicted octanol–water partition coefficient (Wildman–Crippen LogP) is 2.54. The van der Waals surface area contributed by atoms with E-state index in [9.17, 15) is 4.79 Å². The summed E-state index contributed by atoms with van der Waals surface area (Å²) < 4.78 is 2.19. The lowest BCUT2D eigenvalue weighted by atomic mass is 10.1. The van der Waals surface area contributed by atoms with Gasteiger partial charge in [-0.1, -0.05) is 25.1 Å². The van der Waals surface area contributed by atoms with Gasteiger partial charge in [-0.3, -0.25) is 4.79 Å². The van der Waals surface area contributed by atoms with Crippen molar-refractivity contribution in [1.82, 2.24) is 4.57 Å². The first-order valence-electron chi connectivity index (χ1n) is 6.93. The summed E-state index contributed by atoms with van der Waals surface area (Å²) in [4.78, 5) is 11.1. The quantitative estimate of drug-likeness (QED) is 0.813. The number of amides is 1. The molecule has 0 saturated carbocycles. The lowest BCUT2D eigenvalue weighted by molar-refractivity contribution is -0.117. The molecule has 106 valence electrons. The molecule has 0 aliphatic carbocycles. The molecule has 0 aliphatic rings. The van der Waals surface area contributed by atoms with Crippen LogP contribution in [0.2, 0.25) is 0 Å². The predicted molar refractivity (Wildman–Crippen MR) is 81.4 cm³/mol. The Labute approximate surface area is 119 Å². The van der Waals surface area contributed by atoms with Crippen LogP contribution < -0.4 is 11.1 Å². The van der Waals surface area contributed by atoms with Crippen LogP contribution in [0.3, 0.4) is 0 Å². The van der Waals surface area contributed by atoms with Gasteiger partial charge in [-0.2, -0.15) is 0 Å². The number of nitrogens with zero attached hydrogens (tertiary/aromatic N) is 1. The number of carbonyl (C=O) groups excluding carboxylic acids is 1. The Hall–Kier alpha value is -2.23. The second kappa shape index (κ2) is 6.80. The third kappa shape index (κ3) is 3.88. The summed E-state index contributed by atoms with van der Waals surface area (Å²) >= 11 is 0. The molecule has 0 saturated heterocycles. The topological polar surface area (TPSA) is 60.1 Å². The first-order valence-corrected chi connectivity index (χ1v) is 6.93. The molecule has 3 N–H and O–H groups in total. The van der Waals surface area contributed by atoms with E-state index in [1.54, 1.807) is 0 Å². The normalized spacial score (nSPS) is 10.4. The van der Waals surface area contributed by atoms with Crippen molar-refractivity contribution in [3.63, 3.8) is 0 Å². The third-order valence-corrected chi connectivity index (χ3v) is 3.16. The van der Waals surface area contributed by atoms with Gasteiger partial charge in [-0.25, -0.2) is 0 Å². The molecule has 0 bridgehead atoms. The molecule has 4 nitrogen and oxygen atoms in total. The van der Waals surface area contributed by atoms with Crippen molar-refractivity contribution >= 4 is 11.6 Å². The maximum atomic E-state index is 11.1. The molecule has 4 heteroatoms. The van der Waals surface area contributed by atoms with Gasteiger partial charge in [0, 0.05) is 31.2 Å². The average molecular weight is 271 g/mol. The Morgan fingerprint density at radius 2 is 2.10 bits per heavy atom. The Kier molecular flexibility index (Phi) is 4.82. The summed E-state index contributed by atoms with van der Waals surface area (Å²) in [6, 6.07) is 9.88. The lowest BCUT2D eigenvalue weighted by Crippen LogP contribution is -2.15. The fourth-order valence-electron chi connectivity index (χ4n) is 2.22. The summed E-state index contributed by atoms with van der Waals surface area (Å²) in [5, 5.41) is 3.37. The molecular weight excluding hydrogens is 250 g/mol. The zero-order valence-corrected chi connectivity index (χ0v) is 11.8. The second-order valence-electron chi connectivity index (χ2n) is 4.91. The van der Waals surface area contributed by atoms with Crippen molar-refractivity contribution < 1.29 is 4.79 Å². The molecule has 0 atom stereocenters. The molecule has 0 radical (unpaired) electrons. The first-order chi connectivity index (χ1) is 9.69. The fourth-order valence-corrected chi connectivity index (χ4v) is 2.22. The zero-order valence-electron chi connectivity index (χ0n) is 11.8. The summed E-state index contributed by atoms with van der Waals surface area (Å²) in [5.74, 6) is -0.312. The number of carbonyl (C=O) groups is 1. The molecule has 1 aromatic heterocycles. The monoisotopic (exact) mass is 271 g/mol. The van der Waals surface area contributed by atoms with Gasteiger partial charge in [0.15, 0.2) is 0 Å². The summed E-state index contributed by atoms with van der Waals surface area (Å²) in [7, 11) is 0. The Balaban J connectivity index is 2.00. The highest BCUT2D eigenvalue weighted by atomic mass is 16.1. The van der Waals surface area contributed by atoms with Gasteiger partial charge in [0.1, 0.15) is 0 Å². The van der Waals surface area contributed by atoms with E-state index in [4.69, 9.17) is 5.73 Å². The molecule has 0 fully saturated rings. The van der Waals surface area contributed by atoms with Crippen molar-refractivity contribution in [2.24, 2.45) is 5.73 Å². The zero-order chi connectivity index (χ0) is 14.4. The van der Waals surface area contributed by atoms with E-state index < -0.39 is 0 Å². The number of hydrogen-bond donors (Lipinski definition) is 2. The van der Waals surface area contributed by atoms with E-state index in [1.807, 2.05) is 24.3 Å². The van der Waals surface area contributed by atoms with Crippen LogP contribution in [-0.2, 0) is 24.3 Å². The third-order valence-electron chi connectivity index (χ3n) is 3.16. The van der Waals surface area contributed by atoms with Crippen LogP contribution in [-0.4, -0.2) is 10.5 Å². The van der Waals surface area contributed by atoms with Gasteiger partial charge in [0.25, 0.3) is 0 Å². The van der Waals surface area contributed by atoms with E-state index >= 15 is 0 Å². The number of para-hydroxylation sites is 1. The lowest BCUT2D eigenvalue weighted by Gasteiger charge is -2.10. The van der Waals surface area contributed by atoms with Gasteiger partial charge < -0.3 is 15.6 Å². The maximum absolute atomic E-state index is 11.1.